The van der Waals surface area contributed by atoms with Gasteiger partial charge in [0.25, 0.3) is 0 Å². The smallest absolute Gasteiger partial charge is 0.123 e. The molecule has 4 nitrogen and oxygen atoms in total. The van der Waals surface area contributed by atoms with Crippen LogP contribution in [0.15, 0.2) is 18.3 Å². The van der Waals surface area contributed by atoms with Crippen LogP contribution in [-0.4, -0.2) is 34.2 Å². The fraction of sp³-hybridized carbons (Fsp3) is 0.444. The van der Waals surface area contributed by atoms with Gasteiger partial charge < -0.3 is 10.8 Å². The van der Waals surface area contributed by atoms with Crippen LogP contribution < -0.4 is 5.73 Å². The number of aliphatic hydroxyl groups excluding tert-OH is 1. The minimum absolute atomic E-state index is 0.137. The van der Waals surface area contributed by atoms with Crippen molar-refractivity contribution in [2.24, 2.45) is 0 Å². The fourth-order valence-electron chi connectivity index (χ4n) is 1.46. The minimum Gasteiger partial charge on any atom is -0.390 e. The summed E-state index contributed by atoms with van der Waals surface area (Å²) in [4.78, 5) is 6.16. The topological polar surface area (TPSA) is 62.4 Å². The lowest BCUT2D eigenvalue weighted by molar-refractivity contribution is -0.00291. The molecule has 0 unspecified atom stereocenters. The number of β-amino-alcohol motifs (C(OH)–C–C–N with tert-alkyl or cyclic N) is 1. The van der Waals surface area contributed by atoms with Crippen LogP contribution in [0.3, 0.4) is 0 Å². The van der Waals surface area contributed by atoms with Gasteiger partial charge in [-0.05, 0) is 11.6 Å². The molecule has 13 heavy (non-hydrogen) atoms. The Hall–Kier alpha value is -1.13. The van der Waals surface area contributed by atoms with E-state index in [1.807, 2.05) is 6.07 Å². The van der Waals surface area contributed by atoms with Gasteiger partial charge in [0, 0.05) is 25.8 Å². The van der Waals surface area contributed by atoms with E-state index in [9.17, 15) is 0 Å². The highest BCUT2D eigenvalue weighted by Gasteiger charge is 2.23. The van der Waals surface area contributed by atoms with Crippen LogP contribution >= 0.6 is 0 Å². The zero-order valence-electron chi connectivity index (χ0n) is 7.35. The number of hydrogen-bond acceptors (Lipinski definition) is 4. The predicted octanol–water partition coefficient (Wildman–Crippen LogP) is -0.160. The number of anilines is 1. The average Bonchev–Trinajstić information content (AvgIpc) is 2.06. The van der Waals surface area contributed by atoms with Gasteiger partial charge >= 0.3 is 0 Å². The Morgan fingerprint density at radius 3 is 2.85 bits per heavy atom. The van der Waals surface area contributed by atoms with Crippen LogP contribution in [0.1, 0.15) is 5.56 Å². The predicted molar refractivity (Wildman–Crippen MR) is 49.9 cm³/mol. The Morgan fingerprint density at radius 1 is 1.54 bits per heavy atom. The Labute approximate surface area is 77.0 Å². The summed E-state index contributed by atoms with van der Waals surface area (Å²) in [5.74, 6) is 0.549. The number of nitrogens with two attached hydrogens (primary N) is 1. The number of aliphatic hydroxyl groups is 1. The van der Waals surface area contributed by atoms with Crippen molar-refractivity contribution in [2.75, 3.05) is 18.8 Å². The largest absolute Gasteiger partial charge is 0.390 e. The van der Waals surface area contributed by atoms with E-state index in [1.54, 1.807) is 12.3 Å². The third-order valence-electron chi connectivity index (χ3n) is 2.19. The molecule has 0 amide bonds. The zero-order chi connectivity index (χ0) is 9.26. The van der Waals surface area contributed by atoms with Crippen LogP contribution in [0.5, 0.6) is 0 Å². The van der Waals surface area contributed by atoms with Gasteiger partial charge in [-0.2, -0.15) is 0 Å². The van der Waals surface area contributed by atoms with Gasteiger partial charge in [0.1, 0.15) is 5.82 Å². The maximum atomic E-state index is 9.06. The van der Waals surface area contributed by atoms with Crippen LogP contribution in [0, 0.1) is 0 Å². The number of pyridine rings is 1. The summed E-state index contributed by atoms with van der Waals surface area (Å²) in [7, 11) is 0. The first-order valence-electron chi connectivity index (χ1n) is 4.35. The van der Waals surface area contributed by atoms with Gasteiger partial charge in [0.15, 0.2) is 0 Å². The molecule has 0 spiro atoms. The van der Waals surface area contributed by atoms with Crippen molar-refractivity contribution in [3.8, 4) is 0 Å². The average molecular weight is 179 g/mol. The lowest BCUT2D eigenvalue weighted by atomic mass is 10.1. The molecule has 1 aliphatic heterocycles. The van der Waals surface area contributed by atoms with E-state index in [0.29, 0.717) is 5.82 Å². The standard InChI is InChI=1S/C9H13N3O/c10-9-2-1-7(3-11-9)4-12-5-8(13)6-12/h1-3,8,13H,4-6H2,(H2,10,11). The molecule has 1 aromatic heterocycles. The lowest BCUT2D eigenvalue weighted by Gasteiger charge is -2.35. The molecule has 4 heteroatoms. The molecule has 0 bridgehead atoms. The highest BCUT2D eigenvalue weighted by Crippen LogP contribution is 2.12. The molecule has 0 atom stereocenters. The van der Waals surface area contributed by atoms with Gasteiger partial charge in [-0.25, -0.2) is 4.98 Å². The van der Waals surface area contributed by atoms with E-state index in [0.717, 1.165) is 25.2 Å². The van der Waals surface area contributed by atoms with Crippen molar-refractivity contribution in [3.05, 3.63) is 23.9 Å². The second-order valence-electron chi connectivity index (χ2n) is 3.44. The molecule has 1 saturated heterocycles. The Bertz CT molecular complexity index is 279. The molecule has 2 rings (SSSR count). The van der Waals surface area contributed by atoms with Crippen molar-refractivity contribution in [2.45, 2.75) is 12.6 Å². The van der Waals surface area contributed by atoms with Gasteiger partial charge in [-0.3, -0.25) is 4.90 Å². The van der Waals surface area contributed by atoms with E-state index in [2.05, 4.69) is 9.88 Å². The quantitative estimate of drug-likeness (QED) is 0.662. The number of likely N-dealkylation sites (tertiary alicyclic amines) is 1. The molecule has 0 aromatic carbocycles. The number of aromatic nitrogens is 1. The maximum absolute atomic E-state index is 9.06. The summed E-state index contributed by atoms with van der Waals surface area (Å²) in [6.45, 7) is 2.39. The summed E-state index contributed by atoms with van der Waals surface area (Å²) in [6, 6.07) is 3.76. The van der Waals surface area contributed by atoms with Crippen molar-refractivity contribution < 1.29 is 5.11 Å². The number of nitrogens with zero attached hydrogens (tertiary/aromatic N) is 2. The van der Waals surface area contributed by atoms with Crippen LogP contribution in [0.4, 0.5) is 5.82 Å². The zero-order valence-corrected chi connectivity index (χ0v) is 7.35. The first kappa shape index (κ1) is 8.47. The summed E-state index contributed by atoms with van der Waals surface area (Å²) in [5.41, 5.74) is 6.60. The summed E-state index contributed by atoms with van der Waals surface area (Å²) >= 11 is 0. The second kappa shape index (κ2) is 3.32. The van der Waals surface area contributed by atoms with Crippen molar-refractivity contribution in [1.29, 1.82) is 0 Å². The van der Waals surface area contributed by atoms with Crippen molar-refractivity contribution >= 4 is 5.82 Å². The Balaban J connectivity index is 1.91. The number of rotatable bonds is 2. The first-order chi connectivity index (χ1) is 6.24. The Morgan fingerprint density at radius 2 is 2.31 bits per heavy atom. The molecule has 1 fully saturated rings. The van der Waals surface area contributed by atoms with Crippen LogP contribution in [0.25, 0.3) is 0 Å². The highest BCUT2D eigenvalue weighted by molar-refractivity contribution is 5.29. The summed E-state index contributed by atoms with van der Waals surface area (Å²) in [6.07, 6.45) is 1.64. The maximum Gasteiger partial charge on any atom is 0.123 e. The molecule has 70 valence electrons. The van der Waals surface area contributed by atoms with E-state index in [4.69, 9.17) is 10.8 Å². The van der Waals surface area contributed by atoms with Crippen LogP contribution in [0.2, 0.25) is 0 Å². The van der Waals surface area contributed by atoms with Crippen molar-refractivity contribution in [1.82, 2.24) is 9.88 Å². The van der Waals surface area contributed by atoms with E-state index in [-0.39, 0.29) is 6.10 Å². The monoisotopic (exact) mass is 179 g/mol. The number of hydrogen-bond donors (Lipinski definition) is 2. The van der Waals surface area contributed by atoms with E-state index >= 15 is 0 Å². The third-order valence-corrected chi connectivity index (χ3v) is 2.19. The van der Waals surface area contributed by atoms with E-state index < -0.39 is 0 Å². The van der Waals surface area contributed by atoms with Gasteiger partial charge in [-0.15, -0.1) is 0 Å². The second-order valence-corrected chi connectivity index (χ2v) is 3.44. The van der Waals surface area contributed by atoms with E-state index in [1.165, 1.54) is 0 Å². The molecule has 3 N–H and O–H groups in total. The fourth-order valence-corrected chi connectivity index (χ4v) is 1.46. The summed E-state index contributed by atoms with van der Waals surface area (Å²) in [5, 5.41) is 9.06. The normalized spacial score (nSPS) is 18.5. The molecule has 0 aliphatic carbocycles. The van der Waals surface area contributed by atoms with Gasteiger partial charge in [0.05, 0.1) is 6.10 Å². The summed E-state index contributed by atoms with van der Waals surface area (Å²) < 4.78 is 0. The molecule has 0 radical (unpaired) electrons. The van der Waals surface area contributed by atoms with Crippen molar-refractivity contribution in [3.63, 3.8) is 0 Å². The molecular formula is C9H13N3O. The Kier molecular flexibility index (Phi) is 2.16. The SMILES string of the molecule is Nc1ccc(CN2CC(O)C2)cn1. The van der Waals surface area contributed by atoms with Gasteiger partial charge in [-0.1, -0.05) is 6.07 Å². The molecule has 1 aromatic rings. The lowest BCUT2D eigenvalue weighted by Crippen LogP contribution is -2.49. The van der Waals surface area contributed by atoms with Gasteiger partial charge in [0.2, 0.25) is 0 Å². The minimum atomic E-state index is -0.137. The first-order valence-corrected chi connectivity index (χ1v) is 4.35. The molecule has 2 heterocycles. The van der Waals surface area contributed by atoms with Crippen LogP contribution in [-0.2, 0) is 6.54 Å². The highest BCUT2D eigenvalue weighted by atomic mass is 16.3. The third kappa shape index (κ3) is 1.96. The molecular weight excluding hydrogens is 166 g/mol. The molecule has 1 aliphatic rings. The molecule has 0 saturated carbocycles. The number of nitrogen functional groups attached to an aromatic ring is 1.